The number of aromatic nitrogens is 2. The van der Waals surface area contributed by atoms with Crippen LogP contribution in [0.1, 0.15) is 30.2 Å². The Hall–Kier alpha value is -2.79. The van der Waals surface area contributed by atoms with Crippen LogP contribution < -0.4 is 5.32 Å². The van der Waals surface area contributed by atoms with E-state index in [9.17, 15) is 4.39 Å². The predicted molar refractivity (Wildman–Crippen MR) is 116 cm³/mol. The number of halogens is 1. The van der Waals surface area contributed by atoms with Gasteiger partial charge in [0.05, 0.1) is 5.39 Å². The molecular weight excluding hydrogens is 369 g/mol. The molecule has 142 valence electrons. The molecule has 2 aromatic carbocycles. The highest BCUT2D eigenvalue weighted by Gasteiger charge is 2.17. The monoisotopic (exact) mass is 391 g/mol. The summed E-state index contributed by atoms with van der Waals surface area (Å²) in [7, 11) is 0. The van der Waals surface area contributed by atoms with Crippen molar-refractivity contribution in [3.8, 4) is 11.1 Å². The highest BCUT2D eigenvalue weighted by molar-refractivity contribution is 7.19. The normalized spacial score (nSPS) is 11.1. The quantitative estimate of drug-likeness (QED) is 0.389. The van der Waals surface area contributed by atoms with Crippen molar-refractivity contribution in [2.24, 2.45) is 0 Å². The molecule has 0 amide bonds. The molecule has 0 spiro atoms. The molecule has 0 radical (unpaired) electrons. The first kappa shape index (κ1) is 18.6. The van der Waals surface area contributed by atoms with Crippen LogP contribution in [0, 0.1) is 12.7 Å². The van der Waals surface area contributed by atoms with Gasteiger partial charge in [-0.2, -0.15) is 0 Å². The average Bonchev–Trinajstić information content (AvgIpc) is 3.05. The summed E-state index contributed by atoms with van der Waals surface area (Å²) in [6.07, 6.45) is 5.09. The zero-order valence-electron chi connectivity index (χ0n) is 16.0. The second-order valence-corrected chi connectivity index (χ2v) is 8.07. The molecule has 0 unspecified atom stereocenters. The topological polar surface area (TPSA) is 37.8 Å². The number of rotatable bonds is 6. The molecule has 4 aromatic rings. The third-order valence-electron chi connectivity index (χ3n) is 4.83. The summed E-state index contributed by atoms with van der Waals surface area (Å²) in [5.74, 6) is 0.536. The summed E-state index contributed by atoms with van der Waals surface area (Å²) in [5.41, 5.74) is 4.37. The van der Waals surface area contributed by atoms with Crippen LogP contribution in [0.5, 0.6) is 0 Å². The van der Waals surface area contributed by atoms with E-state index in [0.29, 0.717) is 0 Å². The Morgan fingerprint density at radius 2 is 1.75 bits per heavy atom. The van der Waals surface area contributed by atoms with Gasteiger partial charge in [0.25, 0.3) is 0 Å². The van der Waals surface area contributed by atoms with E-state index in [4.69, 9.17) is 0 Å². The number of unbranched alkanes of at least 4 members (excludes halogenated alkanes) is 1. The van der Waals surface area contributed by atoms with Crippen molar-refractivity contribution in [1.82, 2.24) is 9.97 Å². The fraction of sp³-hybridized carbons (Fsp3) is 0.217. The Bertz CT molecular complexity index is 1090. The lowest BCUT2D eigenvalue weighted by molar-refractivity contribution is 0.628. The van der Waals surface area contributed by atoms with Crippen LogP contribution >= 0.6 is 11.3 Å². The average molecular weight is 392 g/mol. The van der Waals surface area contributed by atoms with Crippen LogP contribution in [0.2, 0.25) is 0 Å². The van der Waals surface area contributed by atoms with E-state index < -0.39 is 0 Å². The van der Waals surface area contributed by atoms with E-state index in [1.54, 1.807) is 17.7 Å². The molecule has 0 bridgehead atoms. The third kappa shape index (κ3) is 3.76. The van der Waals surface area contributed by atoms with Gasteiger partial charge in [0.15, 0.2) is 0 Å². The van der Waals surface area contributed by atoms with Gasteiger partial charge in [0.2, 0.25) is 0 Å². The molecule has 28 heavy (non-hydrogen) atoms. The number of thiophene rings is 1. The largest absolute Gasteiger partial charge is 0.340 e. The Morgan fingerprint density at radius 1 is 1.00 bits per heavy atom. The Kier molecular flexibility index (Phi) is 5.35. The second kappa shape index (κ2) is 8.07. The zero-order chi connectivity index (χ0) is 19.5. The number of nitrogens with one attached hydrogen (secondary N) is 1. The first-order valence-electron chi connectivity index (χ1n) is 9.51. The SMILES string of the molecule is CCCCc1ccc(Nc2ncnc3sc(C)c(-c4ccc(F)cc4)c23)cc1. The summed E-state index contributed by atoms with van der Waals surface area (Å²) >= 11 is 1.63. The van der Waals surface area contributed by atoms with Crippen LogP contribution in [-0.2, 0) is 6.42 Å². The number of aryl methyl sites for hydroxylation is 2. The summed E-state index contributed by atoms with van der Waals surface area (Å²) in [5, 5.41) is 4.42. The van der Waals surface area contributed by atoms with Gasteiger partial charge in [-0.1, -0.05) is 37.6 Å². The van der Waals surface area contributed by atoms with Crippen LogP contribution in [0.15, 0.2) is 54.9 Å². The van der Waals surface area contributed by atoms with Crippen molar-refractivity contribution in [3.05, 3.63) is 71.1 Å². The molecule has 0 aliphatic carbocycles. The minimum Gasteiger partial charge on any atom is -0.340 e. The number of hydrogen-bond donors (Lipinski definition) is 1. The smallest absolute Gasteiger partial charge is 0.143 e. The minimum absolute atomic E-state index is 0.237. The van der Waals surface area contributed by atoms with E-state index in [2.05, 4.69) is 53.4 Å². The molecule has 0 atom stereocenters. The molecule has 1 N–H and O–H groups in total. The highest BCUT2D eigenvalue weighted by Crippen LogP contribution is 2.41. The third-order valence-corrected chi connectivity index (χ3v) is 5.85. The minimum atomic E-state index is -0.237. The Morgan fingerprint density at radius 3 is 2.46 bits per heavy atom. The van der Waals surface area contributed by atoms with E-state index in [1.807, 2.05) is 12.1 Å². The van der Waals surface area contributed by atoms with Crippen LogP contribution in [0.4, 0.5) is 15.9 Å². The molecule has 3 nitrogen and oxygen atoms in total. The summed E-state index contributed by atoms with van der Waals surface area (Å²) in [4.78, 5) is 11.0. The van der Waals surface area contributed by atoms with Crippen molar-refractivity contribution >= 4 is 33.1 Å². The lowest BCUT2D eigenvalue weighted by atomic mass is 10.0. The zero-order valence-corrected chi connectivity index (χ0v) is 16.8. The van der Waals surface area contributed by atoms with Crippen molar-refractivity contribution in [3.63, 3.8) is 0 Å². The van der Waals surface area contributed by atoms with Gasteiger partial charge < -0.3 is 5.32 Å². The van der Waals surface area contributed by atoms with Crippen LogP contribution in [0.25, 0.3) is 21.3 Å². The molecule has 0 aliphatic rings. The maximum absolute atomic E-state index is 13.4. The molecule has 0 saturated heterocycles. The summed E-state index contributed by atoms with van der Waals surface area (Å²) in [6, 6.07) is 15.1. The molecule has 0 aliphatic heterocycles. The second-order valence-electron chi connectivity index (χ2n) is 6.87. The van der Waals surface area contributed by atoms with Crippen molar-refractivity contribution in [2.45, 2.75) is 33.1 Å². The van der Waals surface area contributed by atoms with Crippen LogP contribution in [-0.4, -0.2) is 9.97 Å². The maximum Gasteiger partial charge on any atom is 0.143 e. The van der Waals surface area contributed by atoms with E-state index in [-0.39, 0.29) is 5.82 Å². The highest BCUT2D eigenvalue weighted by atomic mass is 32.1. The molecular formula is C23H22FN3S. The first-order valence-corrected chi connectivity index (χ1v) is 10.3. The number of benzene rings is 2. The predicted octanol–water partition coefficient (Wildman–Crippen LogP) is 6.89. The lowest BCUT2D eigenvalue weighted by Crippen LogP contribution is -1.96. The van der Waals surface area contributed by atoms with Gasteiger partial charge in [-0.25, -0.2) is 14.4 Å². The fourth-order valence-corrected chi connectivity index (χ4v) is 4.39. The molecule has 2 heterocycles. The molecule has 4 rings (SSSR count). The van der Waals surface area contributed by atoms with Gasteiger partial charge in [0, 0.05) is 16.1 Å². The van der Waals surface area contributed by atoms with E-state index >= 15 is 0 Å². The Balaban J connectivity index is 1.72. The van der Waals surface area contributed by atoms with Gasteiger partial charge in [-0.05, 0) is 55.2 Å². The van der Waals surface area contributed by atoms with E-state index in [0.717, 1.165) is 44.1 Å². The molecule has 0 fully saturated rings. The van der Waals surface area contributed by atoms with Gasteiger partial charge in [0.1, 0.15) is 22.8 Å². The number of fused-ring (bicyclic) bond motifs is 1. The van der Waals surface area contributed by atoms with Crippen molar-refractivity contribution < 1.29 is 4.39 Å². The standard InChI is InChI=1S/C23H22FN3S/c1-3-4-5-16-6-12-19(13-7-16)27-22-21-20(17-8-10-18(24)11-9-17)15(2)28-23(21)26-14-25-22/h6-14H,3-5H2,1-2H3,(H,25,26,27). The molecule has 5 heteroatoms. The number of nitrogens with zero attached hydrogens (tertiary/aromatic N) is 2. The number of anilines is 2. The molecule has 0 saturated carbocycles. The van der Waals surface area contributed by atoms with E-state index in [1.165, 1.54) is 30.5 Å². The van der Waals surface area contributed by atoms with Gasteiger partial charge >= 0.3 is 0 Å². The molecule has 2 aromatic heterocycles. The van der Waals surface area contributed by atoms with Crippen molar-refractivity contribution in [2.75, 3.05) is 5.32 Å². The maximum atomic E-state index is 13.4. The first-order chi connectivity index (χ1) is 13.7. The summed E-state index contributed by atoms with van der Waals surface area (Å²) in [6.45, 7) is 4.27. The lowest BCUT2D eigenvalue weighted by Gasteiger charge is -2.10. The van der Waals surface area contributed by atoms with Gasteiger partial charge in [-0.3, -0.25) is 0 Å². The van der Waals surface area contributed by atoms with Crippen LogP contribution in [0.3, 0.4) is 0 Å². The van der Waals surface area contributed by atoms with Gasteiger partial charge in [-0.15, -0.1) is 11.3 Å². The van der Waals surface area contributed by atoms with Crippen molar-refractivity contribution in [1.29, 1.82) is 0 Å². The number of hydrogen-bond acceptors (Lipinski definition) is 4. The fourth-order valence-electron chi connectivity index (χ4n) is 3.38. The summed E-state index contributed by atoms with van der Waals surface area (Å²) < 4.78 is 13.4. The Labute approximate surface area is 168 Å².